The summed E-state index contributed by atoms with van der Waals surface area (Å²) >= 11 is 25.0. The highest BCUT2D eigenvalue weighted by Gasteiger charge is 2.35. The molecule has 0 fully saturated rings. The van der Waals surface area contributed by atoms with Gasteiger partial charge < -0.3 is 9.47 Å². The number of hydrogen-bond donors (Lipinski definition) is 0. The minimum atomic E-state index is -0.209. The van der Waals surface area contributed by atoms with E-state index in [0.717, 1.165) is 16.7 Å². The van der Waals surface area contributed by atoms with Gasteiger partial charge in [-0.15, -0.1) is 0 Å². The molecule has 3 aromatic rings. The van der Waals surface area contributed by atoms with Gasteiger partial charge in [-0.1, -0.05) is 58.5 Å². The summed E-state index contributed by atoms with van der Waals surface area (Å²) in [5, 5.41) is 2.06. The first-order valence-electron chi connectivity index (χ1n) is 10.2. The average Bonchev–Trinajstić information content (AvgIpc) is 3.10. The Kier molecular flexibility index (Phi) is 6.06. The molecule has 0 N–H and O–H groups in total. The Labute approximate surface area is 211 Å². The highest BCUT2D eigenvalue weighted by Crippen LogP contribution is 2.44. The van der Waals surface area contributed by atoms with E-state index in [0.29, 0.717) is 62.5 Å². The number of ketones is 1. The predicted octanol–water partition coefficient (Wildman–Crippen LogP) is 7.58. The molecule has 0 saturated carbocycles. The molecule has 168 valence electrons. The van der Waals surface area contributed by atoms with Gasteiger partial charge in [-0.3, -0.25) is 9.69 Å². The molecule has 33 heavy (non-hydrogen) atoms. The highest BCUT2D eigenvalue weighted by molar-refractivity contribution is 6.37. The van der Waals surface area contributed by atoms with Gasteiger partial charge in [0, 0.05) is 38.7 Å². The monoisotopic (exact) mass is 519 g/mol. The SMILES string of the molecule is Cc1cc2c(c3c1C(=O)/C(=C/c1c(Cl)cccc1Cl)O3)CN(Cc1ccc(Cl)cc1Cl)CO2. The number of carbonyl (C=O) groups is 1. The van der Waals surface area contributed by atoms with E-state index in [9.17, 15) is 4.79 Å². The zero-order valence-corrected chi connectivity index (χ0v) is 20.4. The van der Waals surface area contributed by atoms with E-state index in [4.69, 9.17) is 55.9 Å². The number of nitrogens with zero attached hydrogens (tertiary/aromatic N) is 1. The van der Waals surface area contributed by atoms with Crippen LogP contribution in [0.15, 0.2) is 48.2 Å². The average molecular weight is 521 g/mol. The van der Waals surface area contributed by atoms with E-state index >= 15 is 0 Å². The fourth-order valence-electron chi connectivity index (χ4n) is 4.05. The molecule has 0 spiro atoms. The fraction of sp³-hybridized carbons (Fsp3) is 0.160. The molecule has 0 bridgehead atoms. The van der Waals surface area contributed by atoms with Crippen LogP contribution in [0.1, 0.15) is 32.6 Å². The van der Waals surface area contributed by atoms with Gasteiger partial charge >= 0.3 is 0 Å². The van der Waals surface area contributed by atoms with E-state index in [-0.39, 0.29) is 11.5 Å². The summed E-state index contributed by atoms with van der Waals surface area (Å²) in [6, 6.07) is 12.5. The van der Waals surface area contributed by atoms with Crippen molar-refractivity contribution in [3.05, 3.63) is 96.1 Å². The molecule has 3 aromatic carbocycles. The fourth-order valence-corrected chi connectivity index (χ4v) is 5.02. The van der Waals surface area contributed by atoms with Crippen molar-refractivity contribution in [3.63, 3.8) is 0 Å². The topological polar surface area (TPSA) is 38.8 Å². The zero-order chi connectivity index (χ0) is 23.3. The number of hydrogen-bond acceptors (Lipinski definition) is 4. The molecule has 0 aliphatic carbocycles. The summed E-state index contributed by atoms with van der Waals surface area (Å²) in [4.78, 5) is 15.3. The molecule has 2 aliphatic rings. The second-order valence-electron chi connectivity index (χ2n) is 7.95. The molecule has 0 atom stereocenters. The van der Waals surface area contributed by atoms with Crippen LogP contribution in [0, 0.1) is 6.92 Å². The molecular formula is C25H17Cl4NO3. The second-order valence-corrected chi connectivity index (χ2v) is 9.60. The molecule has 0 unspecified atom stereocenters. The van der Waals surface area contributed by atoms with E-state index in [2.05, 4.69) is 4.90 Å². The van der Waals surface area contributed by atoms with Crippen LogP contribution in [0.4, 0.5) is 0 Å². The summed E-state index contributed by atoms with van der Waals surface area (Å²) in [6.45, 7) is 3.35. The van der Waals surface area contributed by atoms with Crippen molar-refractivity contribution < 1.29 is 14.3 Å². The maximum atomic E-state index is 13.2. The van der Waals surface area contributed by atoms with Gasteiger partial charge in [0.15, 0.2) is 5.76 Å². The zero-order valence-electron chi connectivity index (χ0n) is 17.4. The van der Waals surface area contributed by atoms with Crippen LogP contribution in [0.2, 0.25) is 20.1 Å². The van der Waals surface area contributed by atoms with Crippen LogP contribution in [0.25, 0.3) is 6.08 Å². The summed E-state index contributed by atoms with van der Waals surface area (Å²) in [5.74, 6) is 1.18. The number of Topliss-reactive ketones (excluding diaryl/α,β-unsaturated/α-hetero) is 1. The van der Waals surface area contributed by atoms with Crippen molar-refractivity contribution in [3.8, 4) is 11.5 Å². The Bertz CT molecular complexity index is 1320. The number of fused-ring (bicyclic) bond motifs is 3. The molecule has 5 rings (SSSR count). The van der Waals surface area contributed by atoms with Gasteiger partial charge in [-0.25, -0.2) is 0 Å². The highest BCUT2D eigenvalue weighted by atomic mass is 35.5. The van der Waals surface area contributed by atoms with E-state index in [1.807, 2.05) is 19.1 Å². The largest absolute Gasteiger partial charge is 0.478 e. The maximum absolute atomic E-state index is 13.2. The second kappa shape index (κ2) is 8.86. The van der Waals surface area contributed by atoms with Gasteiger partial charge in [-0.05, 0) is 54.5 Å². The molecule has 8 heteroatoms. The van der Waals surface area contributed by atoms with Gasteiger partial charge in [0.1, 0.15) is 18.2 Å². The smallest absolute Gasteiger partial charge is 0.232 e. The first-order valence-corrected chi connectivity index (χ1v) is 11.7. The lowest BCUT2D eigenvalue weighted by Gasteiger charge is -2.30. The number of allylic oxidation sites excluding steroid dienone is 1. The summed E-state index contributed by atoms with van der Waals surface area (Å²) in [6.07, 6.45) is 1.59. The van der Waals surface area contributed by atoms with Crippen molar-refractivity contribution in [1.29, 1.82) is 0 Å². The molecule has 2 heterocycles. The van der Waals surface area contributed by atoms with Crippen LogP contribution >= 0.6 is 46.4 Å². The normalized spacial score (nSPS) is 16.4. The number of rotatable bonds is 3. The van der Waals surface area contributed by atoms with Gasteiger partial charge in [0.2, 0.25) is 5.78 Å². The van der Waals surface area contributed by atoms with Crippen molar-refractivity contribution in [2.45, 2.75) is 20.0 Å². The molecule has 0 aromatic heterocycles. The standard InChI is InChI=1S/C25H17Cl4NO3/c1-13-7-21-17(11-30(12-32-21)10-14-5-6-15(26)8-20(14)29)25-23(13)24(31)22(33-25)9-16-18(27)3-2-4-19(16)28/h2-9H,10-12H2,1H3/b22-9-. The molecular weight excluding hydrogens is 504 g/mol. The predicted molar refractivity (Wildman–Crippen MR) is 132 cm³/mol. The molecule has 0 radical (unpaired) electrons. The van der Waals surface area contributed by atoms with E-state index in [1.165, 1.54) is 0 Å². The maximum Gasteiger partial charge on any atom is 0.232 e. The van der Waals surface area contributed by atoms with Crippen molar-refractivity contribution in [2.75, 3.05) is 6.73 Å². The quantitative estimate of drug-likeness (QED) is 0.333. The number of aryl methyl sites for hydroxylation is 1. The van der Waals surface area contributed by atoms with E-state index < -0.39 is 0 Å². The number of benzene rings is 3. The van der Waals surface area contributed by atoms with E-state index in [1.54, 1.807) is 36.4 Å². The Hall–Kier alpha value is -2.21. The van der Waals surface area contributed by atoms with Crippen molar-refractivity contribution in [1.82, 2.24) is 4.90 Å². The number of carbonyl (C=O) groups excluding carboxylic acids is 1. The van der Waals surface area contributed by atoms with Gasteiger partial charge in [0.25, 0.3) is 0 Å². The van der Waals surface area contributed by atoms with Crippen molar-refractivity contribution in [2.24, 2.45) is 0 Å². The van der Waals surface area contributed by atoms with Crippen LogP contribution in [-0.4, -0.2) is 17.4 Å². The third kappa shape index (κ3) is 4.23. The van der Waals surface area contributed by atoms with Crippen LogP contribution < -0.4 is 9.47 Å². The van der Waals surface area contributed by atoms with Gasteiger partial charge in [-0.2, -0.15) is 0 Å². The molecule has 4 nitrogen and oxygen atoms in total. The Morgan fingerprint density at radius 3 is 2.52 bits per heavy atom. The molecule has 0 saturated heterocycles. The van der Waals surface area contributed by atoms with Crippen LogP contribution in [-0.2, 0) is 13.1 Å². The summed E-state index contributed by atoms with van der Waals surface area (Å²) < 4.78 is 12.1. The lowest BCUT2D eigenvalue weighted by molar-refractivity contribution is 0.0872. The number of ether oxygens (including phenoxy) is 2. The first-order chi connectivity index (χ1) is 15.8. The third-order valence-electron chi connectivity index (χ3n) is 5.67. The minimum Gasteiger partial charge on any atom is -0.478 e. The third-order valence-corrected chi connectivity index (χ3v) is 6.92. The van der Waals surface area contributed by atoms with Crippen LogP contribution in [0.3, 0.4) is 0 Å². The number of halogens is 4. The Morgan fingerprint density at radius 1 is 1.03 bits per heavy atom. The Morgan fingerprint density at radius 2 is 1.79 bits per heavy atom. The van der Waals surface area contributed by atoms with Crippen molar-refractivity contribution >= 4 is 58.3 Å². The summed E-state index contributed by atoms with van der Waals surface area (Å²) in [5.41, 5.74) is 3.60. The van der Waals surface area contributed by atoms with Gasteiger partial charge in [0.05, 0.1) is 11.1 Å². The first kappa shape index (κ1) is 22.6. The Balaban J connectivity index is 1.48. The molecule has 0 amide bonds. The summed E-state index contributed by atoms with van der Waals surface area (Å²) in [7, 11) is 0. The lowest BCUT2D eigenvalue weighted by atomic mass is 9.98. The van der Waals surface area contributed by atoms with Crippen LogP contribution in [0.5, 0.6) is 11.5 Å². The molecule has 2 aliphatic heterocycles. The lowest BCUT2D eigenvalue weighted by Crippen LogP contribution is -2.32. The minimum absolute atomic E-state index is 0.175.